The second-order valence-corrected chi connectivity index (χ2v) is 10.5. The number of amides is 2. The molecule has 6 nitrogen and oxygen atoms in total. The van der Waals surface area contributed by atoms with Gasteiger partial charge in [0.05, 0.1) is 12.2 Å². The first kappa shape index (κ1) is 27.3. The number of halogens is 5. The molecule has 3 aromatic carbocycles. The molecule has 204 valence electrons. The molecular weight excluding hydrogens is 554 g/mol. The van der Waals surface area contributed by atoms with E-state index in [0.29, 0.717) is 16.3 Å². The predicted octanol–water partition coefficient (Wildman–Crippen LogP) is 6.27. The first-order valence-electron chi connectivity index (χ1n) is 12.4. The fraction of sp³-hybridized carbons (Fsp3) is 0.286. The third-order valence-corrected chi connectivity index (χ3v) is 7.41. The fourth-order valence-corrected chi connectivity index (χ4v) is 5.61. The van der Waals surface area contributed by atoms with Crippen LogP contribution in [0.3, 0.4) is 0 Å². The SMILES string of the molecule is O=C(CNC(=O)c1ccc(C2=CC(c3cc(Cl)cc(Cl)c3)(C(F)(F)F)ON2)c2ccccc12)NC1CCCC1. The normalized spacial score (nSPS) is 19.6. The standard InChI is InChI=1S/C28H24Cl2F3N3O3/c29-17-11-16(12-18(30)13-17)27(28(31,32)33)14-24(36-39-27)22-9-10-23(21-8-4-3-7-20(21)22)26(38)34-15-25(37)35-19-5-1-2-6-19/h3-4,7-14,19,36H,1-2,5-6,15H2,(H,34,38)(H,35,37). The number of nitrogens with one attached hydrogen (secondary N) is 3. The van der Waals surface area contributed by atoms with Crippen LogP contribution in [0.2, 0.25) is 10.0 Å². The van der Waals surface area contributed by atoms with Crippen LogP contribution in [0.4, 0.5) is 13.2 Å². The van der Waals surface area contributed by atoms with Crippen molar-refractivity contribution in [1.29, 1.82) is 0 Å². The van der Waals surface area contributed by atoms with Gasteiger partial charge in [0.25, 0.3) is 5.91 Å². The highest BCUT2D eigenvalue weighted by Gasteiger charge is 2.59. The summed E-state index contributed by atoms with van der Waals surface area (Å²) < 4.78 is 43.3. The molecule has 0 spiro atoms. The van der Waals surface area contributed by atoms with Crippen molar-refractivity contribution in [1.82, 2.24) is 16.1 Å². The molecule has 1 saturated carbocycles. The van der Waals surface area contributed by atoms with Crippen molar-refractivity contribution in [2.24, 2.45) is 0 Å². The summed E-state index contributed by atoms with van der Waals surface area (Å²) in [7, 11) is 0. The maximum absolute atomic E-state index is 14.4. The average Bonchev–Trinajstić information content (AvgIpc) is 3.57. The molecule has 0 radical (unpaired) electrons. The Morgan fingerprint density at radius 2 is 1.67 bits per heavy atom. The summed E-state index contributed by atoms with van der Waals surface area (Å²) in [6.45, 7) is -0.178. The zero-order valence-corrected chi connectivity index (χ0v) is 22.0. The van der Waals surface area contributed by atoms with Crippen molar-refractivity contribution < 1.29 is 27.6 Å². The molecule has 2 aliphatic rings. The van der Waals surface area contributed by atoms with Gasteiger partial charge in [0.15, 0.2) is 0 Å². The number of hydrogen-bond acceptors (Lipinski definition) is 4. The second kappa shape index (κ2) is 10.7. The van der Waals surface area contributed by atoms with Crippen LogP contribution in [0.1, 0.15) is 47.2 Å². The number of benzene rings is 3. The molecule has 1 fully saturated rings. The summed E-state index contributed by atoms with van der Waals surface area (Å²) in [5.74, 6) is -0.736. The topological polar surface area (TPSA) is 79.5 Å². The van der Waals surface area contributed by atoms with Gasteiger partial charge >= 0.3 is 6.18 Å². The van der Waals surface area contributed by atoms with Crippen molar-refractivity contribution in [3.63, 3.8) is 0 Å². The van der Waals surface area contributed by atoms with Gasteiger partial charge in [-0.2, -0.15) is 13.2 Å². The Morgan fingerprint density at radius 1 is 1.00 bits per heavy atom. The van der Waals surface area contributed by atoms with Gasteiger partial charge in [-0.25, -0.2) is 0 Å². The lowest BCUT2D eigenvalue weighted by molar-refractivity contribution is -0.269. The lowest BCUT2D eigenvalue weighted by Gasteiger charge is -2.28. The maximum Gasteiger partial charge on any atom is 0.428 e. The van der Waals surface area contributed by atoms with Gasteiger partial charge in [-0.3, -0.25) is 19.9 Å². The zero-order valence-electron chi connectivity index (χ0n) is 20.5. The minimum atomic E-state index is -4.86. The summed E-state index contributed by atoms with van der Waals surface area (Å²) in [5.41, 5.74) is 0.0227. The number of alkyl halides is 3. The molecule has 1 heterocycles. The molecule has 11 heteroatoms. The number of fused-ring (bicyclic) bond motifs is 1. The van der Waals surface area contributed by atoms with Gasteiger partial charge in [-0.15, -0.1) is 0 Å². The molecule has 39 heavy (non-hydrogen) atoms. The van der Waals surface area contributed by atoms with E-state index in [1.54, 1.807) is 24.3 Å². The van der Waals surface area contributed by atoms with Crippen molar-refractivity contribution in [2.75, 3.05) is 6.54 Å². The van der Waals surface area contributed by atoms with E-state index in [2.05, 4.69) is 16.1 Å². The van der Waals surface area contributed by atoms with E-state index in [0.717, 1.165) is 43.9 Å². The summed E-state index contributed by atoms with van der Waals surface area (Å²) in [6.07, 6.45) is 0.0822. The van der Waals surface area contributed by atoms with E-state index >= 15 is 0 Å². The Morgan fingerprint density at radius 3 is 2.33 bits per heavy atom. The monoisotopic (exact) mass is 577 g/mol. The van der Waals surface area contributed by atoms with Crippen molar-refractivity contribution in [3.8, 4) is 0 Å². The lowest BCUT2D eigenvalue weighted by atomic mass is 9.90. The Bertz CT molecular complexity index is 1450. The first-order valence-corrected chi connectivity index (χ1v) is 13.1. The molecule has 0 saturated heterocycles. The van der Waals surface area contributed by atoms with E-state index in [1.165, 1.54) is 18.2 Å². The first-order chi connectivity index (χ1) is 18.6. The van der Waals surface area contributed by atoms with Crippen LogP contribution in [-0.4, -0.2) is 30.6 Å². The van der Waals surface area contributed by atoms with E-state index in [-0.39, 0.29) is 45.4 Å². The predicted molar refractivity (Wildman–Crippen MR) is 143 cm³/mol. The molecule has 1 aliphatic carbocycles. The van der Waals surface area contributed by atoms with E-state index in [4.69, 9.17) is 28.0 Å². The zero-order chi connectivity index (χ0) is 27.8. The number of hydrogen-bond donors (Lipinski definition) is 3. The van der Waals surface area contributed by atoms with Gasteiger partial charge < -0.3 is 10.6 Å². The fourth-order valence-electron chi connectivity index (χ4n) is 5.08. The van der Waals surface area contributed by atoms with Gasteiger partial charge in [0, 0.05) is 32.8 Å². The summed E-state index contributed by atoms with van der Waals surface area (Å²) in [5, 5.41) is 6.64. The maximum atomic E-state index is 14.4. The van der Waals surface area contributed by atoms with Gasteiger partial charge in [-0.1, -0.05) is 66.4 Å². The number of carbonyl (C=O) groups excluding carboxylic acids is 2. The summed E-state index contributed by atoms with van der Waals surface area (Å²) in [4.78, 5) is 30.5. The largest absolute Gasteiger partial charge is 0.428 e. The Kier molecular flexibility index (Phi) is 7.50. The average molecular weight is 578 g/mol. The van der Waals surface area contributed by atoms with E-state index < -0.39 is 17.7 Å². The third kappa shape index (κ3) is 5.44. The highest BCUT2D eigenvalue weighted by molar-refractivity contribution is 6.34. The minimum absolute atomic E-state index is 0.0318. The highest BCUT2D eigenvalue weighted by atomic mass is 35.5. The number of hydroxylamine groups is 1. The minimum Gasteiger partial charge on any atom is -0.352 e. The molecule has 5 rings (SSSR count). The van der Waals surface area contributed by atoms with Crippen LogP contribution in [0.5, 0.6) is 0 Å². The molecule has 3 aromatic rings. The molecule has 3 N–H and O–H groups in total. The van der Waals surface area contributed by atoms with E-state index in [1.807, 2.05) is 0 Å². The second-order valence-electron chi connectivity index (χ2n) is 9.59. The van der Waals surface area contributed by atoms with Crippen LogP contribution in [0, 0.1) is 0 Å². The molecule has 1 unspecified atom stereocenters. The Labute approximate surface area is 232 Å². The molecule has 1 aliphatic heterocycles. The van der Waals surface area contributed by atoms with E-state index in [9.17, 15) is 22.8 Å². The molecule has 0 bridgehead atoms. The molecule has 0 aromatic heterocycles. The Balaban J connectivity index is 1.46. The molecule has 1 atom stereocenters. The Hall–Kier alpha value is -3.27. The van der Waals surface area contributed by atoms with Gasteiger partial charge in [0.1, 0.15) is 0 Å². The lowest BCUT2D eigenvalue weighted by Crippen LogP contribution is -2.42. The highest BCUT2D eigenvalue weighted by Crippen LogP contribution is 2.48. The molecule has 2 amide bonds. The smallest absolute Gasteiger partial charge is 0.352 e. The third-order valence-electron chi connectivity index (χ3n) is 6.97. The number of rotatable bonds is 6. The summed E-state index contributed by atoms with van der Waals surface area (Å²) in [6, 6.07) is 13.6. The van der Waals surface area contributed by atoms with Crippen LogP contribution in [-0.2, 0) is 15.2 Å². The van der Waals surface area contributed by atoms with Gasteiger partial charge in [-0.05, 0) is 54.0 Å². The van der Waals surface area contributed by atoms with Crippen LogP contribution in [0.15, 0.2) is 60.7 Å². The van der Waals surface area contributed by atoms with Crippen LogP contribution < -0.4 is 16.1 Å². The van der Waals surface area contributed by atoms with Crippen LogP contribution >= 0.6 is 23.2 Å². The van der Waals surface area contributed by atoms with Crippen molar-refractivity contribution in [2.45, 2.75) is 43.5 Å². The quantitative estimate of drug-likeness (QED) is 0.322. The van der Waals surface area contributed by atoms with Crippen LogP contribution in [0.25, 0.3) is 16.5 Å². The van der Waals surface area contributed by atoms with Crippen molar-refractivity contribution >= 4 is 51.5 Å². The molecular formula is C28H24Cl2F3N3O3. The summed E-state index contributed by atoms with van der Waals surface area (Å²) >= 11 is 12.0. The van der Waals surface area contributed by atoms with Crippen molar-refractivity contribution in [3.05, 3.63) is 87.4 Å². The van der Waals surface area contributed by atoms with Gasteiger partial charge in [0.2, 0.25) is 11.5 Å². The number of carbonyl (C=O) groups is 2.